The first kappa shape index (κ1) is 10.0. The van der Waals surface area contributed by atoms with E-state index in [0.29, 0.717) is 5.02 Å². The smallest absolute Gasteiger partial charge is 0.158 e. The molecule has 0 saturated carbocycles. The van der Waals surface area contributed by atoms with Gasteiger partial charge < -0.3 is 4.98 Å². The van der Waals surface area contributed by atoms with Gasteiger partial charge in [0.1, 0.15) is 5.65 Å². The average molecular weight is 268 g/mol. The number of rotatable bonds is 1. The molecule has 0 aliphatic carbocycles. The first-order valence-electron chi connectivity index (χ1n) is 4.55. The van der Waals surface area contributed by atoms with Crippen LogP contribution in [0.3, 0.4) is 0 Å². The first-order chi connectivity index (χ1) is 7.74. The highest BCUT2D eigenvalue weighted by Crippen LogP contribution is 2.22. The molecule has 16 heavy (non-hydrogen) atoms. The van der Waals surface area contributed by atoms with Crippen LogP contribution < -0.4 is 0 Å². The molecule has 0 aliphatic heterocycles. The summed E-state index contributed by atoms with van der Waals surface area (Å²) in [5, 5.41) is 2.66. The van der Waals surface area contributed by atoms with Crippen molar-refractivity contribution in [3.05, 3.63) is 38.9 Å². The van der Waals surface area contributed by atoms with Crippen LogP contribution in [-0.4, -0.2) is 14.4 Å². The summed E-state index contributed by atoms with van der Waals surface area (Å²) < 4.78 is 2.70. The Morgan fingerprint density at radius 3 is 3.06 bits per heavy atom. The second-order valence-corrected chi connectivity index (χ2v) is 5.26. The molecule has 0 bridgehead atoms. The Bertz CT molecular complexity index is 710. The SMILES string of the molecule is S=c1[nH]c(-c2cnc3ccc(Cl)cn23)cs1. The fourth-order valence-electron chi connectivity index (χ4n) is 1.56. The molecule has 0 spiro atoms. The molecule has 0 aliphatic rings. The van der Waals surface area contributed by atoms with Gasteiger partial charge in [0.15, 0.2) is 3.95 Å². The van der Waals surface area contributed by atoms with Gasteiger partial charge in [0, 0.05) is 11.6 Å². The number of thiazole rings is 1. The van der Waals surface area contributed by atoms with Gasteiger partial charge in [0.25, 0.3) is 0 Å². The zero-order valence-electron chi connectivity index (χ0n) is 7.98. The monoisotopic (exact) mass is 267 g/mol. The number of pyridine rings is 1. The number of aromatic nitrogens is 3. The van der Waals surface area contributed by atoms with E-state index in [1.54, 1.807) is 6.20 Å². The van der Waals surface area contributed by atoms with Crippen molar-refractivity contribution in [1.82, 2.24) is 14.4 Å². The number of hydrogen-bond donors (Lipinski definition) is 1. The standard InChI is InChI=1S/C10H6ClN3S2/c11-6-1-2-9-12-3-8(14(9)4-6)7-5-16-10(15)13-7/h1-5H,(H,13,15). The van der Waals surface area contributed by atoms with Gasteiger partial charge in [-0.05, 0) is 24.4 Å². The molecule has 0 saturated heterocycles. The Morgan fingerprint density at radius 2 is 2.31 bits per heavy atom. The Hall–Kier alpha value is -1.17. The van der Waals surface area contributed by atoms with Crippen molar-refractivity contribution in [3.8, 4) is 11.4 Å². The van der Waals surface area contributed by atoms with E-state index in [1.165, 1.54) is 11.3 Å². The minimum absolute atomic E-state index is 0.681. The van der Waals surface area contributed by atoms with Crippen LogP contribution in [0.2, 0.25) is 5.02 Å². The van der Waals surface area contributed by atoms with Crippen LogP contribution in [0.4, 0.5) is 0 Å². The van der Waals surface area contributed by atoms with Crippen LogP contribution in [0.15, 0.2) is 29.9 Å². The summed E-state index contributed by atoms with van der Waals surface area (Å²) in [6.45, 7) is 0. The Kier molecular flexibility index (Phi) is 2.31. The lowest BCUT2D eigenvalue weighted by atomic mass is 10.3. The van der Waals surface area contributed by atoms with E-state index in [2.05, 4.69) is 9.97 Å². The largest absolute Gasteiger partial charge is 0.336 e. The third-order valence-electron chi connectivity index (χ3n) is 2.27. The number of aromatic amines is 1. The van der Waals surface area contributed by atoms with Gasteiger partial charge in [-0.2, -0.15) is 0 Å². The molecule has 0 aromatic carbocycles. The van der Waals surface area contributed by atoms with E-state index in [-0.39, 0.29) is 0 Å². The minimum atomic E-state index is 0.681. The van der Waals surface area contributed by atoms with Crippen molar-refractivity contribution in [1.29, 1.82) is 0 Å². The van der Waals surface area contributed by atoms with Gasteiger partial charge in [-0.15, -0.1) is 11.3 Å². The van der Waals surface area contributed by atoms with Crippen LogP contribution in [0.1, 0.15) is 0 Å². The average Bonchev–Trinajstić information content (AvgIpc) is 2.83. The fourth-order valence-corrected chi connectivity index (χ4v) is 2.55. The molecule has 3 rings (SSSR count). The Morgan fingerprint density at radius 1 is 1.44 bits per heavy atom. The maximum Gasteiger partial charge on any atom is 0.158 e. The lowest BCUT2D eigenvalue weighted by Crippen LogP contribution is -1.87. The van der Waals surface area contributed by atoms with E-state index in [0.717, 1.165) is 21.0 Å². The lowest BCUT2D eigenvalue weighted by molar-refractivity contribution is 1.17. The first-order valence-corrected chi connectivity index (χ1v) is 6.21. The second-order valence-electron chi connectivity index (χ2n) is 3.28. The number of nitrogens with zero attached hydrogens (tertiary/aromatic N) is 2. The van der Waals surface area contributed by atoms with Gasteiger partial charge in [-0.25, -0.2) is 4.98 Å². The summed E-state index contributed by atoms with van der Waals surface area (Å²) in [5.41, 5.74) is 2.79. The number of hydrogen-bond acceptors (Lipinski definition) is 3. The third-order valence-corrected chi connectivity index (χ3v) is 3.55. The highest BCUT2D eigenvalue weighted by Gasteiger charge is 2.07. The second kappa shape index (κ2) is 3.69. The Labute approximate surface area is 105 Å². The van der Waals surface area contributed by atoms with Gasteiger partial charge in [0.2, 0.25) is 0 Å². The predicted octanol–water partition coefficient (Wildman–Crippen LogP) is 3.77. The summed E-state index contributed by atoms with van der Waals surface area (Å²) in [6, 6.07) is 3.70. The summed E-state index contributed by atoms with van der Waals surface area (Å²) in [5.74, 6) is 0. The van der Waals surface area contributed by atoms with Crippen LogP contribution >= 0.6 is 35.2 Å². The predicted molar refractivity (Wildman–Crippen MR) is 68.7 cm³/mol. The normalized spacial score (nSPS) is 11.1. The van der Waals surface area contributed by atoms with Crippen molar-refractivity contribution >= 4 is 40.8 Å². The number of H-pyrrole nitrogens is 1. The summed E-state index contributed by atoms with van der Waals surface area (Å²) in [4.78, 5) is 7.42. The molecular weight excluding hydrogens is 262 g/mol. The molecule has 3 aromatic rings. The van der Waals surface area contributed by atoms with Crippen LogP contribution in [-0.2, 0) is 0 Å². The molecule has 1 N–H and O–H groups in total. The summed E-state index contributed by atoms with van der Waals surface area (Å²) in [7, 11) is 0. The molecule has 3 nitrogen and oxygen atoms in total. The van der Waals surface area contributed by atoms with Crippen molar-refractivity contribution in [2.75, 3.05) is 0 Å². The number of nitrogens with one attached hydrogen (secondary N) is 1. The van der Waals surface area contributed by atoms with Gasteiger partial charge in [-0.3, -0.25) is 4.40 Å². The molecular formula is C10H6ClN3S2. The molecule has 3 aromatic heterocycles. The summed E-state index contributed by atoms with van der Waals surface area (Å²) >= 11 is 12.5. The maximum atomic E-state index is 5.96. The molecule has 0 radical (unpaired) electrons. The summed E-state index contributed by atoms with van der Waals surface area (Å²) in [6.07, 6.45) is 3.65. The van der Waals surface area contributed by atoms with Crippen molar-refractivity contribution in [3.63, 3.8) is 0 Å². The molecule has 3 heterocycles. The van der Waals surface area contributed by atoms with E-state index in [9.17, 15) is 0 Å². The van der Waals surface area contributed by atoms with Crippen LogP contribution in [0.5, 0.6) is 0 Å². The van der Waals surface area contributed by atoms with E-state index >= 15 is 0 Å². The minimum Gasteiger partial charge on any atom is -0.336 e. The molecule has 0 fully saturated rings. The Balaban J connectivity index is 2.31. The zero-order chi connectivity index (χ0) is 11.1. The highest BCUT2D eigenvalue weighted by molar-refractivity contribution is 7.73. The quantitative estimate of drug-likeness (QED) is 0.681. The van der Waals surface area contributed by atoms with E-state index < -0.39 is 0 Å². The molecule has 0 atom stereocenters. The molecule has 6 heteroatoms. The fraction of sp³-hybridized carbons (Fsp3) is 0. The van der Waals surface area contributed by atoms with Crippen LogP contribution in [0.25, 0.3) is 17.0 Å². The van der Waals surface area contributed by atoms with Gasteiger partial charge in [-0.1, -0.05) is 11.6 Å². The van der Waals surface area contributed by atoms with Crippen LogP contribution in [0, 0.1) is 3.95 Å². The number of fused-ring (bicyclic) bond motifs is 1. The number of halogens is 1. The third kappa shape index (κ3) is 1.57. The van der Waals surface area contributed by atoms with Gasteiger partial charge >= 0.3 is 0 Å². The lowest BCUT2D eigenvalue weighted by Gasteiger charge is -1.99. The van der Waals surface area contributed by atoms with Crippen molar-refractivity contribution < 1.29 is 0 Å². The van der Waals surface area contributed by atoms with Crippen molar-refractivity contribution in [2.24, 2.45) is 0 Å². The molecule has 80 valence electrons. The van der Waals surface area contributed by atoms with Crippen molar-refractivity contribution in [2.45, 2.75) is 0 Å². The van der Waals surface area contributed by atoms with E-state index in [1.807, 2.05) is 28.1 Å². The number of imidazole rings is 1. The van der Waals surface area contributed by atoms with E-state index in [4.69, 9.17) is 23.8 Å². The molecule has 0 amide bonds. The zero-order valence-corrected chi connectivity index (χ0v) is 10.4. The maximum absolute atomic E-state index is 5.96. The molecule has 0 unspecified atom stereocenters. The highest BCUT2D eigenvalue weighted by atomic mass is 35.5. The van der Waals surface area contributed by atoms with Gasteiger partial charge in [0.05, 0.1) is 22.6 Å². The topological polar surface area (TPSA) is 33.1 Å².